The van der Waals surface area contributed by atoms with Crippen molar-refractivity contribution in [3.63, 3.8) is 0 Å². The van der Waals surface area contributed by atoms with Crippen molar-refractivity contribution in [2.24, 2.45) is 5.92 Å². The average Bonchev–Trinajstić information content (AvgIpc) is 2.43. The lowest BCUT2D eigenvalue weighted by Crippen LogP contribution is -2.43. The highest BCUT2D eigenvalue weighted by atomic mass is 35.5. The minimum Gasteiger partial charge on any atom is -0.396 e. The van der Waals surface area contributed by atoms with E-state index in [0.717, 1.165) is 12.5 Å². The lowest BCUT2D eigenvalue weighted by atomic mass is 10.0. The molecular formula is C12H16ClFN2O3S. The van der Waals surface area contributed by atoms with Crippen LogP contribution in [-0.2, 0) is 10.2 Å². The number of piperidine rings is 1. The van der Waals surface area contributed by atoms with Gasteiger partial charge in [-0.2, -0.15) is 12.7 Å². The number of nitrogens with one attached hydrogen (secondary N) is 1. The smallest absolute Gasteiger partial charge is 0.301 e. The van der Waals surface area contributed by atoms with Crippen LogP contribution in [0, 0.1) is 11.7 Å². The van der Waals surface area contributed by atoms with Gasteiger partial charge in [0.1, 0.15) is 11.5 Å². The van der Waals surface area contributed by atoms with Gasteiger partial charge in [0.25, 0.3) is 0 Å². The number of anilines is 1. The fraction of sp³-hybridized carbons (Fsp3) is 0.500. The Kier molecular flexibility index (Phi) is 4.85. The number of nitrogens with zero attached hydrogens (tertiary/aromatic N) is 1. The maximum atomic E-state index is 13.6. The van der Waals surface area contributed by atoms with E-state index in [4.69, 9.17) is 16.7 Å². The van der Waals surface area contributed by atoms with E-state index in [9.17, 15) is 12.8 Å². The lowest BCUT2D eigenvalue weighted by molar-refractivity contribution is 0.166. The number of hydrogen-bond acceptors (Lipinski definition) is 3. The second-order valence-corrected chi connectivity index (χ2v) is 6.83. The molecule has 112 valence electrons. The Morgan fingerprint density at radius 3 is 2.90 bits per heavy atom. The van der Waals surface area contributed by atoms with E-state index < -0.39 is 16.0 Å². The van der Waals surface area contributed by atoms with Crippen molar-refractivity contribution in [1.29, 1.82) is 0 Å². The van der Waals surface area contributed by atoms with Crippen molar-refractivity contribution in [2.45, 2.75) is 12.8 Å². The van der Waals surface area contributed by atoms with Crippen molar-refractivity contribution < 1.29 is 17.9 Å². The highest BCUT2D eigenvalue weighted by Gasteiger charge is 2.29. The minimum atomic E-state index is -3.88. The Balaban J connectivity index is 2.19. The molecule has 0 radical (unpaired) electrons. The number of hydrogen-bond donors (Lipinski definition) is 2. The van der Waals surface area contributed by atoms with Crippen molar-refractivity contribution in [2.75, 3.05) is 24.4 Å². The van der Waals surface area contributed by atoms with Crippen LogP contribution >= 0.6 is 11.6 Å². The van der Waals surface area contributed by atoms with Crippen molar-refractivity contribution >= 4 is 27.5 Å². The van der Waals surface area contributed by atoms with E-state index >= 15 is 0 Å². The normalized spacial score (nSPS) is 20.9. The van der Waals surface area contributed by atoms with Crippen LogP contribution in [0.2, 0.25) is 5.02 Å². The molecule has 8 heteroatoms. The minimum absolute atomic E-state index is 0.00397. The van der Waals surface area contributed by atoms with Gasteiger partial charge in [0.15, 0.2) is 0 Å². The van der Waals surface area contributed by atoms with Gasteiger partial charge in [0.2, 0.25) is 0 Å². The summed E-state index contributed by atoms with van der Waals surface area (Å²) in [5.41, 5.74) is -0.250. The van der Waals surface area contributed by atoms with Crippen LogP contribution in [0.3, 0.4) is 0 Å². The van der Waals surface area contributed by atoms with E-state index in [-0.39, 0.29) is 29.8 Å². The first kappa shape index (κ1) is 15.5. The molecule has 1 atom stereocenters. The zero-order valence-electron chi connectivity index (χ0n) is 10.7. The molecule has 1 saturated heterocycles. The fourth-order valence-corrected chi connectivity index (χ4v) is 3.82. The first-order valence-electron chi connectivity index (χ1n) is 6.27. The van der Waals surface area contributed by atoms with Crippen LogP contribution < -0.4 is 4.72 Å². The zero-order chi connectivity index (χ0) is 14.8. The Labute approximate surface area is 122 Å². The quantitative estimate of drug-likeness (QED) is 0.888. The Hall–Kier alpha value is -0.890. The number of halogens is 2. The summed E-state index contributed by atoms with van der Waals surface area (Å²) in [6.45, 7) is 0.502. The predicted octanol–water partition coefficient (Wildman–Crippen LogP) is 1.84. The molecule has 1 fully saturated rings. The van der Waals surface area contributed by atoms with E-state index in [1.807, 2.05) is 0 Å². The van der Waals surface area contributed by atoms with Crippen molar-refractivity contribution in [3.8, 4) is 0 Å². The van der Waals surface area contributed by atoms with Gasteiger partial charge in [-0.25, -0.2) is 4.39 Å². The molecule has 0 bridgehead atoms. The molecule has 1 aliphatic heterocycles. The van der Waals surface area contributed by atoms with Crippen LogP contribution in [0.4, 0.5) is 10.1 Å². The molecule has 1 unspecified atom stereocenters. The lowest BCUT2D eigenvalue weighted by Gasteiger charge is -2.31. The van der Waals surface area contributed by atoms with Gasteiger partial charge in [0, 0.05) is 19.7 Å². The summed E-state index contributed by atoms with van der Waals surface area (Å²) >= 11 is 5.80. The Bertz CT molecular complexity index is 562. The Morgan fingerprint density at radius 1 is 1.50 bits per heavy atom. The topological polar surface area (TPSA) is 69.6 Å². The molecule has 1 aliphatic rings. The number of benzene rings is 1. The van der Waals surface area contributed by atoms with Gasteiger partial charge < -0.3 is 5.11 Å². The number of rotatable bonds is 4. The molecule has 1 heterocycles. The van der Waals surface area contributed by atoms with Crippen LogP contribution in [0.5, 0.6) is 0 Å². The molecule has 0 spiro atoms. The highest BCUT2D eigenvalue weighted by Crippen LogP contribution is 2.27. The molecule has 2 rings (SSSR count). The van der Waals surface area contributed by atoms with Crippen LogP contribution in [0.1, 0.15) is 12.8 Å². The number of aliphatic hydroxyl groups excluding tert-OH is 1. The molecule has 2 N–H and O–H groups in total. The standard InChI is InChI=1S/C12H16ClFN2O3S/c13-10-4-1-5-11(14)12(10)15-20(18,19)16-6-2-3-9(7-16)8-17/h1,4-5,9,15,17H,2-3,6-8H2. The summed E-state index contributed by atoms with van der Waals surface area (Å²) in [6.07, 6.45) is 1.44. The fourth-order valence-electron chi connectivity index (χ4n) is 2.18. The summed E-state index contributed by atoms with van der Waals surface area (Å²) < 4.78 is 41.5. The molecule has 1 aromatic carbocycles. The molecule has 0 aromatic heterocycles. The van der Waals surface area contributed by atoms with E-state index in [0.29, 0.717) is 13.0 Å². The molecule has 5 nitrogen and oxygen atoms in total. The average molecular weight is 323 g/mol. The second kappa shape index (κ2) is 6.26. The number of aliphatic hydroxyl groups is 1. The summed E-state index contributed by atoms with van der Waals surface area (Å²) in [5.74, 6) is -0.812. The van der Waals surface area contributed by atoms with E-state index in [1.54, 1.807) is 0 Å². The molecule has 0 amide bonds. The number of para-hydroxylation sites is 1. The molecule has 0 saturated carbocycles. The van der Waals surface area contributed by atoms with E-state index in [1.165, 1.54) is 16.4 Å². The maximum Gasteiger partial charge on any atom is 0.301 e. The van der Waals surface area contributed by atoms with Gasteiger partial charge in [-0.15, -0.1) is 0 Å². The zero-order valence-corrected chi connectivity index (χ0v) is 12.3. The van der Waals surface area contributed by atoms with Gasteiger partial charge in [-0.05, 0) is 30.9 Å². The third-order valence-corrected chi connectivity index (χ3v) is 5.06. The van der Waals surface area contributed by atoms with Gasteiger partial charge in [-0.3, -0.25) is 4.72 Å². The third-order valence-electron chi connectivity index (χ3n) is 3.27. The van der Waals surface area contributed by atoms with Gasteiger partial charge in [0.05, 0.1) is 5.02 Å². The third kappa shape index (κ3) is 3.41. The maximum absolute atomic E-state index is 13.6. The summed E-state index contributed by atoms with van der Waals surface area (Å²) in [6, 6.07) is 3.95. The van der Waals surface area contributed by atoms with Crippen molar-refractivity contribution in [1.82, 2.24) is 4.31 Å². The largest absolute Gasteiger partial charge is 0.396 e. The first-order valence-corrected chi connectivity index (χ1v) is 8.08. The van der Waals surface area contributed by atoms with Crippen molar-refractivity contribution in [3.05, 3.63) is 29.0 Å². The molecular weight excluding hydrogens is 307 g/mol. The SMILES string of the molecule is O=S(=O)(Nc1c(F)cccc1Cl)N1CCCC(CO)C1. The molecule has 20 heavy (non-hydrogen) atoms. The Morgan fingerprint density at radius 2 is 2.25 bits per heavy atom. The highest BCUT2D eigenvalue weighted by molar-refractivity contribution is 7.90. The predicted molar refractivity (Wildman–Crippen MR) is 75.3 cm³/mol. The second-order valence-electron chi connectivity index (χ2n) is 4.75. The summed E-state index contributed by atoms with van der Waals surface area (Å²) in [7, 11) is -3.88. The molecule has 1 aromatic rings. The monoisotopic (exact) mass is 322 g/mol. The summed E-state index contributed by atoms with van der Waals surface area (Å²) in [4.78, 5) is 0. The van der Waals surface area contributed by atoms with Gasteiger partial charge in [-0.1, -0.05) is 17.7 Å². The van der Waals surface area contributed by atoms with Crippen LogP contribution in [0.25, 0.3) is 0 Å². The van der Waals surface area contributed by atoms with Crippen LogP contribution in [0.15, 0.2) is 18.2 Å². The van der Waals surface area contributed by atoms with Crippen LogP contribution in [-0.4, -0.2) is 37.5 Å². The molecule has 0 aliphatic carbocycles. The first-order chi connectivity index (χ1) is 9.44. The summed E-state index contributed by atoms with van der Waals surface area (Å²) in [5, 5.41) is 9.13. The van der Waals surface area contributed by atoms with E-state index in [2.05, 4.69) is 4.72 Å². The van der Waals surface area contributed by atoms with Gasteiger partial charge >= 0.3 is 10.2 Å².